The van der Waals surface area contributed by atoms with E-state index in [4.69, 9.17) is 0 Å². The lowest BCUT2D eigenvalue weighted by atomic mass is 9.84. The van der Waals surface area contributed by atoms with Gasteiger partial charge in [-0.15, -0.1) is 0 Å². The molecule has 21 heavy (non-hydrogen) atoms. The topological polar surface area (TPSA) is 62.8 Å². The highest BCUT2D eigenvalue weighted by molar-refractivity contribution is 7.90. The molecule has 3 rings (SSSR count). The monoisotopic (exact) mass is 304 g/mol. The standard InChI is InChI=1S/C16H20N2O2S/c19-21(20,12-15-10-11-17-18-15)16-8-6-14(7-9-16)13-4-2-1-3-5-13/h6-11,13H,1-5,12H2,(H,17,18). The maximum absolute atomic E-state index is 12.3. The Morgan fingerprint density at radius 2 is 1.76 bits per heavy atom. The number of nitrogens with one attached hydrogen (secondary N) is 1. The third-order valence-corrected chi connectivity index (χ3v) is 5.90. The fraction of sp³-hybridized carbons (Fsp3) is 0.438. The summed E-state index contributed by atoms with van der Waals surface area (Å²) >= 11 is 0. The van der Waals surface area contributed by atoms with Crippen molar-refractivity contribution in [2.45, 2.75) is 48.7 Å². The summed E-state index contributed by atoms with van der Waals surface area (Å²) in [7, 11) is -3.30. The maximum Gasteiger partial charge on any atom is 0.184 e. The van der Waals surface area contributed by atoms with Gasteiger partial charge in [-0.25, -0.2) is 8.42 Å². The number of aromatic amines is 1. The molecule has 1 aliphatic carbocycles. The molecule has 1 aromatic carbocycles. The molecule has 0 amide bonds. The smallest absolute Gasteiger partial charge is 0.184 e. The van der Waals surface area contributed by atoms with Crippen molar-refractivity contribution in [3.63, 3.8) is 0 Å². The van der Waals surface area contributed by atoms with Crippen molar-refractivity contribution in [1.29, 1.82) is 0 Å². The van der Waals surface area contributed by atoms with Crippen molar-refractivity contribution in [1.82, 2.24) is 10.2 Å². The van der Waals surface area contributed by atoms with Gasteiger partial charge in [-0.1, -0.05) is 31.4 Å². The average Bonchev–Trinajstić information content (AvgIpc) is 3.00. The molecule has 1 saturated carbocycles. The van der Waals surface area contributed by atoms with E-state index in [0.717, 1.165) is 0 Å². The van der Waals surface area contributed by atoms with Crippen molar-refractivity contribution in [3.05, 3.63) is 47.8 Å². The van der Waals surface area contributed by atoms with Gasteiger partial charge in [0.15, 0.2) is 9.84 Å². The summed E-state index contributed by atoms with van der Waals surface area (Å²) in [5, 5.41) is 6.48. The van der Waals surface area contributed by atoms with Crippen molar-refractivity contribution in [3.8, 4) is 0 Å². The molecule has 4 nitrogen and oxygen atoms in total. The van der Waals surface area contributed by atoms with E-state index in [0.29, 0.717) is 16.5 Å². The van der Waals surface area contributed by atoms with Crippen LogP contribution in [0.5, 0.6) is 0 Å². The van der Waals surface area contributed by atoms with Crippen LogP contribution < -0.4 is 0 Å². The van der Waals surface area contributed by atoms with Gasteiger partial charge < -0.3 is 0 Å². The van der Waals surface area contributed by atoms with Gasteiger partial charge in [0.2, 0.25) is 0 Å². The molecule has 0 radical (unpaired) electrons. The summed E-state index contributed by atoms with van der Waals surface area (Å²) in [6.45, 7) is 0. The van der Waals surface area contributed by atoms with E-state index in [2.05, 4.69) is 10.2 Å². The van der Waals surface area contributed by atoms with Gasteiger partial charge >= 0.3 is 0 Å². The number of hydrogen-bond acceptors (Lipinski definition) is 3. The first-order valence-corrected chi connectivity index (χ1v) is 9.11. The van der Waals surface area contributed by atoms with Crippen molar-refractivity contribution < 1.29 is 8.42 Å². The molecular formula is C16H20N2O2S. The second-order valence-corrected chi connectivity index (χ2v) is 7.73. The maximum atomic E-state index is 12.3. The molecule has 5 heteroatoms. The van der Waals surface area contributed by atoms with E-state index < -0.39 is 9.84 Å². The SMILES string of the molecule is O=S(=O)(Cc1ccn[nH]1)c1ccc(C2CCCCC2)cc1. The Morgan fingerprint density at radius 1 is 1.05 bits per heavy atom. The summed E-state index contributed by atoms with van der Waals surface area (Å²) in [6.07, 6.45) is 7.90. The second kappa shape index (κ2) is 6.02. The van der Waals surface area contributed by atoms with Crippen molar-refractivity contribution in [2.24, 2.45) is 0 Å². The number of rotatable bonds is 4. The number of H-pyrrole nitrogens is 1. The Kier molecular flexibility index (Phi) is 4.10. The Balaban J connectivity index is 1.76. The Hall–Kier alpha value is -1.62. The van der Waals surface area contributed by atoms with Gasteiger partial charge in [-0.2, -0.15) is 5.10 Å². The number of sulfone groups is 1. The minimum absolute atomic E-state index is 0.0320. The van der Waals surface area contributed by atoms with Gasteiger partial charge in [0.1, 0.15) is 0 Å². The van der Waals surface area contributed by atoms with Crippen LogP contribution in [0.3, 0.4) is 0 Å². The lowest BCUT2D eigenvalue weighted by molar-refractivity contribution is 0.443. The zero-order valence-electron chi connectivity index (χ0n) is 12.0. The van der Waals surface area contributed by atoms with E-state index in [9.17, 15) is 8.42 Å². The minimum Gasteiger partial charge on any atom is -0.282 e. The first kappa shape index (κ1) is 14.3. The third kappa shape index (κ3) is 3.35. The number of aromatic nitrogens is 2. The quantitative estimate of drug-likeness (QED) is 0.941. The molecule has 1 aromatic heterocycles. The minimum atomic E-state index is -3.30. The van der Waals surface area contributed by atoms with E-state index >= 15 is 0 Å². The molecular weight excluding hydrogens is 284 g/mol. The van der Waals surface area contributed by atoms with Crippen LogP contribution in [0.15, 0.2) is 41.4 Å². The van der Waals surface area contributed by atoms with Gasteiger partial charge in [0.05, 0.1) is 16.3 Å². The van der Waals surface area contributed by atoms with E-state index in [-0.39, 0.29) is 5.75 Å². The predicted octanol–water partition coefficient (Wildman–Crippen LogP) is 3.43. The fourth-order valence-electron chi connectivity index (χ4n) is 3.04. The molecule has 1 aliphatic rings. The molecule has 0 unspecified atom stereocenters. The fourth-order valence-corrected chi connectivity index (χ4v) is 4.32. The lowest BCUT2D eigenvalue weighted by Crippen LogP contribution is -2.07. The molecule has 0 aliphatic heterocycles. The van der Waals surface area contributed by atoms with E-state index in [1.807, 2.05) is 12.1 Å². The summed E-state index contributed by atoms with van der Waals surface area (Å²) in [5.74, 6) is 0.568. The Bertz CT molecular complexity index is 670. The zero-order chi connectivity index (χ0) is 14.7. The van der Waals surface area contributed by atoms with Crippen LogP contribution in [0.25, 0.3) is 0 Å². The third-order valence-electron chi connectivity index (χ3n) is 4.22. The van der Waals surface area contributed by atoms with Gasteiger partial charge in [-0.3, -0.25) is 5.10 Å². The van der Waals surface area contributed by atoms with E-state index in [1.165, 1.54) is 37.7 Å². The second-order valence-electron chi connectivity index (χ2n) is 5.74. The molecule has 112 valence electrons. The number of benzene rings is 1. The van der Waals surface area contributed by atoms with Crippen LogP contribution in [0.1, 0.15) is 49.3 Å². The predicted molar refractivity (Wildman–Crippen MR) is 81.7 cm³/mol. The van der Waals surface area contributed by atoms with Crippen LogP contribution in [-0.2, 0) is 15.6 Å². The summed E-state index contributed by atoms with van der Waals surface area (Å²) < 4.78 is 24.7. The number of nitrogens with zero attached hydrogens (tertiary/aromatic N) is 1. The highest BCUT2D eigenvalue weighted by atomic mass is 32.2. The molecule has 0 atom stereocenters. The van der Waals surface area contributed by atoms with Gasteiger partial charge in [0, 0.05) is 6.20 Å². The molecule has 1 N–H and O–H groups in total. The highest BCUT2D eigenvalue weighted by Crippen LogP contribution is 2.33. The number of hydrogen-bond donors (Lipinski definition) is 1. The van der Waals surface area contributed by atoms with E-state index in [1.54, 1.807) is 24.4 Å². The summed E-state index contributed by atoms with van der Waals surface area (Å²) in [4.78, 5) is 0.386. The van der Waals surface area contributed by atoms with Gasteiger partial charge in [-0.05, 0) is 42.5 Å². The van der Waals surface area contributed by atoms with Gasteiger partial charge in [0.25, 0.3) is 0 Å². The first-order valence-electron chi connectivity index (χ1n) is 7.46. The zero-order valence-corrected chi connectivity index (χ0v) is 12.8. The van der Waals surface area contributed by atoms with Crippen LogP contribution >= 0.6 is 0 Å². The molecule has 0 bridgehead atoms. The van der Waals surface area contributed by atoms with Crippen molar-refractivity contribution in [2.75, 3.05) is 0 Å². The normalized spacial score (nSPS) is 17.0. The molecule has 0 spiro atoms. The van der Waals surface area contributed by atoms with Crippen LogP contribution in [0.4, 0.5) is 0 Å². The summed E-state index contributed by atoms with van der Waals surface area (Å²) in [5.41, 5.74) is 1.89. The largest absolute Gasteiger partial charge is 0.282 e. The Morgan fingerprint density at radius 3 is 2.38 bits per heavy atom. The first-order chi connectivity index (χ1) is 10.1. The summed E-state index contributed by atoms with van der Waals surface area (Å²) in [6, 6.07) is 9.14. The van der Waals surface area contributed by atoms with Crippen LogP contribution in [-0.4, -0.2) is 18.6 Å². The highest BCUT2D eigenvalue weighted by Gasteiger charge is 2.19. The van der Waals surface area contributed by atoms with Crippen LogP contribution in [0, 0.1) is 0 Å². The Labute approximate surface area is 125 Å². The molecule has 0 saturated heterocycles. The molecule has 1 fully saturated rings. The van der Waals surface area contributed by atoms with Crippen LogP contribution in [0.2, 0.25) is 0 Å². The molecule has 1 heterocycles. The average molecular weight is 304 g/mol. The van der Waals surface area contributed by atoms with Crippen molar-refractivity contribution >= 4 is 9.84 Å². The molecule has 2 aromatic rings. The lowest BCUT2D eigenvalue weighted by Gasteiger charge is -2.22.